The third-order valence-electron chi connectivity index (χ3n) is 1.85. The molecule has 0 saturated carbocycles. The molecule has 0 aromatic heterocycles. The minimum atomic E-state index is -0.598. The minimum Gasteiger partial charge on any atom is -0.391 e. The van der Waals surface area contributed by atoms with Crippen LogP contribution in [0, 0.1) is 28.4 Å². The molecule has 0 saturated heterocycles. The van der Waals surface area contributed by atoms with Crippen LogP contribution in [-0.4, -0.2) is 10.0 Å². The average molecular weight is 192 g/mol. The second kappa shape index (κ2) is 3.85. The smallest absolute Gasteiger partial charge is 0.276 e. The number of hydrogen-bond donors (Lipinski definition) is 1. The van der Waals surface area contributed by atoms with Gasteiger partial charge in [0.25, 0.3) is 5.69 Å². The summed E-state index contributed by atoms with van der Waals surface area (Å²) in [6, 6.07) is 4.67. The Morgan fingerprint density at radius 2 is 2.29 bits per heavy atom. The average Bonchev–Trinajstić information content (AvgIpc) is 2.16. The fourth-order valence-corrected chi connectivity index (χ4v) is 1.23. The van der Waals surface area contributed by atoms with Crippen LogP contribution < -0.4 is 0 Å². The lowest BCUT2D eigenvalue weighted by Gasteiger charge is -2.02. The number of rotatable bonds is 2. The van der Waals surface area contributed by atoms with Crippen LogP contribution in [0.15, 0.2) is 12.1 Å². The molecule has 0 atom stereocenters. The van der Waals surface area contributed by atoms with Gasteiger partial charge >= 0.3 is 0 Å². The predicted molar refractivity (Wildman–Crippen MR) is 48.5 cm³/mol. The zero-order valence-corrected chi connectivity index (χ0v) is 7.52. The van der Waals surface area contributed by atoms with Gasteiger partial charge in [0.2, 0.25) is 0 Å². The number of nitro benzene ring substituents is 1. The summed E-state index contributed by atoms with van der Waals surface area (Å²) in [4.78, 5) is 9.99. The van der Waals surface area contributed by atoms with Crippen LogP contribution in [0.3, 0.4) is 0 Å². The van der Waals surface area contributed by atoms with E-state index in [0.29, 0.717) is 5.56 Å². The van der Waals surface area contributed by atoms with Crippen molar-refractivity contribution in [3.8, 4) is 6.07 Å². The van der Waals surface area contributed by atoms with Crippen LogP contribution in [-0.2, 0) is 6.61 Å². The third kappa shape index (κ3) is 1.70. The van der Waals surface area contributed by atoms with Crippen molar-refractivity contribution in [2.45, 2.75) is 13.5 Å². The number of nitriles is 1. The van der Waals surface area contributed by atoms with Crippen molar-refractivity contribution in [1.82, 2.24) is 0 Å². The van der Waals surface area contributed by atoms with Crippen molar-refractivity contribution >= 4 is 5.69 Å². The van der Waals surface area contributed by atoms with E-state index in [1.54, 1.807) is 6.92 Å². The molecule has 1 N–H and O–H groups in total. The molecule has 0 heterocycles. The first-order valence-electron chi connectivity index (χ1n) is 3.89. The molecule has 0 spiro atoms. The van der Waals surface area contributed by atoms with E-state index in [9.17, 15) is 10.1 Å². The second-order valence-corrected chi connectivity index (χ2v) is 2.84. The van der Waals surface area contributed by atoms with Gasteiger partial charge < -0.3 is 5.11 Å². The van der Waals surface area contributed by atoms with E-state index in [4.69, 9.17) is 10.4 Å². The number of aliphatic hydroxyl groups excluding tert-OH is 1. The maximum Gasteiger partial charge on any atom is 0.276 e. The summed E-state index contributed by atoms with van der Waals surface area (Å²) < 4.78 is 0. The van der Waals surface area contributed by atoms with Crippen LogP contribution in [0.2, 0.25) is 0 Å². The number of aryl methyl sites for hydroxylation is 1. The van der Waals surface area contributed by atoms with E-state index in [-0.39, 0.29) is 16.8 Å². The largest absolute Gasteiger partial charge is 0.391 e. The van der Waals surface area contributed by atoms with Crippen LogP contribution in [0.4, 0.5) is 5.69 Å². The highest BCUT2D eigenvalue weighted by molar-refractivity contribution is 5.52. The molecular formula is C9H8N2O3. The van der Waals surface area contributed by atoms with Crippen LogP contribution in [0.5, 0.6) is 0 Å². The lowest BCUT2D eigenvalue weighted by Crippen LogP contribution is -1.99. The van der Waals surface area contributed by atoms with Crippen molar-refractivity contribution in [2.75, 3.05) is 0 Å². The molecule has 14 heavy (non-hydrogen) atoms. The van der Waals surface area contributed by atoms with Gasteiger partial charge in [0.05, 0.1) is 28.7 Å². The zero-order chi connectivity index (χ0) is 10.7. The lowest BCUT2D eigenvalue weighted by atomic mass is 10.0. The van der Waals surface area contributed by atoms with Crippen LogP contribution >= 0.6 is 0 Å². The Labute approximate surface area is 80.4 Å². The first kappa shape index (κ1) is 10.2. The van der Waals surface area contributed by atoms with Crippen LogP contribution in [0.1, 0.15) is 16.7 Å². The molecule has 5 nitrogen and oxygen atoms in total. The maximum atomic E-state index is 10.6. The number of hydrogen-bond acceptors (Lipinski definition) is 4. The highest BCUT2D eigenvalue weighted by atomic mass is 16.6. The fraction of sp³-hybridized carbons (Fsp3) is 0.222. The maximum absolute atomic E-state index is 10.6. The molecule has 1 rings (SSSR count). The Balaban J connectivity index is 3.49. The van der Waals surface area contributed by atoms with Crippen molar-refractivity contribution in [1.29, 1.82) is 5.26 Å². The van der Waals surface area contributed by atoms with Gasteiger partial charge in [-0.3, -0.25) is 10.1 Å². The van der Waals surface area contributed by atoms with Gasteiger partial charge in [-0.1, -0.05) is 0 Å². The Morgan fingerprint density at radius 1 is 1.64 bits per heavy atom. The number of benzene rings is 1. The zero-order valence-electron chi connectivity index (χ0n) is 7.52. The molecule has 5 heteroatoms. The number of nitro groups is 1. The fourth-order valence-electron chi connectivity index (χ4n) is 1.23. The Kier molecular flexibility index (Phi) is 2.79. The monoisotopic (exact) mass is 192 g/mol. The third-order valence-corrected chi connectivity index (χ3v) is 1.85. The summed E-state index contributed by atoms with van der Waals surface area (Å²) in [5, 5.41) is 28.2. The molecule has 0 bridgehead atoms. The SMILES string of the molecule is Cc1cc(C#N)c(CO)c([N+](=O)[O-])c1. The summed E-state index contributed by atoms with van der Waals surface area (Å²) in [6.07, 6.45) is 0. The normalized spacial score (nSPS) is 9.50. The first-order chi connectivity index (χ1) is 6.60. The van der Waals surface area contributed by atoms with Gasteiger partial charge in [-0.05, 0) is 18.6 Å². The highest BCUT2D eigenvalue weighted by Gasteiger charge is 2.17. The van der Waals surface area contributed by atoms with E-state index < -0.39 is 11.5 Å². The van der Waals surface area contributed by atoms with Gasteiger partial charge in [-0.15, -0.1) is 0 Å². The van der Waals surface area contributed by atoms with Gasteiger partial charge in [-0.2, -0.15) is 5.26 Å². The number of nitrogens with zero attached hydrogens (tertiary/aromatic N) is 2. The van der Waals surface area contributed by atoms with E-state index >= 15 is 0 Å². The van der Waals surface area contributed by atoms with E-state index in [1.165, 1.54) is 12.1 Å². The van der Waals surface area contributed by atoms with E-state index in [0.717, 1.165) is 0 Å². The molecule has 0 radical (unpaired) electrons. The second-order valence-electron chi connectivity index (χ2n) is 2.84. The molecule has 1 aromatic carbocycles. The van der Waals surface area contributed by atoms with Gasteiger partial charge in [-0.25, -0.2) is 0 Å². The van der Waals surface area contributed by atoms with E-state index in [2.05, 4.69) is 0 Å². The van der Waals surface area contributed by atoms with Crippen molar-refractivity contribution in [2.24, 2.45) is 0 Å². The quantitative estimate of drug-likeness (QED) is 0.564. The van der Waals surface area contributed by atoms with Gasteiger partial charge in [0.1, 0.15) is 0 Å². The molecule has 1 aromatic rings. The standard InChI is InChI=1S/C9H8N2O3/c1-6-2-7(4-10)8(5-12)9(3-6)11(13)14/h2-3,12H,5H2,1H3. The lowest BCUT2D eigenvalue weighted by molar-refractivity contribution is -0.385. The van der Waals surface area contributed by atoms with Gasteiger partial charge in [0, 0.05) is 6.07 Å². The molecule has 0 aliphatic heterocycles. The molecular weight excluding hydrogens is 184 g/mol. The van der Waals surface area contributed by atoms with E-state index in [1.807, 2.05) is 6.07 Å². The molecule has 0 aliphatic rings. The van der Waals surface area contributed by atoms with Crippen LogP contribution in [0.25, 0.3) is 0 Å². The van der Waals surface area contributed by atoms with Crippen molar-refractivity contribution < 1.29 is 10.0 Å². The van der Waals surface area contributed by atoms with Gasteiger partial charge in [0.15, 0.2) is 0 Å². The predicted octanol–water partition coefficient (Wildman–Crippen LogP) is 1.27. The molecule has 0 fully saturated rings. The van der Waals surface area contributed by atoms with Crippen molar-refractivity contribution in [3.63, 3.8) is 0 Å². The highest BCUT2D eigenvalue weighted by Crippen LogP contribution is 2.23. The Morgan fingerprint density at radius 3 is 2.71 bits per heavy atom. The Bertz CT molecular complexity index is 421. The Hall–Kier alpha value is -1.93. The first-order valence-corrected chi connectivity index (χ1v) is 3.89. The summed E-state index contributed by atoms with van der Waals surface area (Å²) in [6.45, 7) is 1.16. The number of aliphatic hydroxyl groups is 1. The summed E-state index contributed by atoms with van der Waals surface area (Å²) >= 11 is 0. The molecule has 0 aliphatic carbocycles. The summed E-state index contributed by atoms with van der Waals surface area (Å²) in [5.41, 5.74) is 0.650. The summed E-state index contributed by atoms with van der Waals surface area (Å²) in [5.74, 6) is 0. The molecule has 72 valence electrons. The van der Waals surface area contributed by atoms with Crippen molar-refractivity contribution in [3.05, 3.63) is 38.9 Å². The topological polar surface area (TPSA) is 87.2 Å². The summed E-state index contributed by atoms with van der Waals surface area (Å²) in [7, 11) is 0. The molecule has 0 amide bonds. The minimum absolute atomic E-state index is 0.0723. The molecule has 0 unspecified atom stereocenters.